The van der Waals surface area contributed by atoms with Crippen LogP contribution < -0.4 is 20.3 Å². The number of methoxy groups -OCH3 is 1. The summed E-state index contributed by atoms with van der Waals surface area (Å²) >= 11 is 0. The van der Waals surface area contributed by atoms with Crippen molar-refractivity contribution in [3.8, 4) is 28.3 Å². The van der Waals surface area contributed by atoms with Crippen LogP contribution in [-0.4, -0.2) is 54.4 Å². The van der Waals surface area contributed by atoms with Crippen molar-refractivity contribution in [3.63, 3.8) is 0 Å². The molecular weight excluding hydrogens is 463 g/mol. The predicted octanol–water partition coefficient (Wildman–Crippen LogP) is 4.77. The number of urea groups is 1. The number of hydrogen-bond acceptors (Lipinski definition) is 6. The molecule has 10 heteroatoms. The molecule has 2 amide bonds. The van der Waals surface area contributed by atoms with Crippen molar-refractivity contribution in [2.75, 3.05) is 48.9 Å². The van der Waals surface area contributed by atoms with Gasteiger partial charge in [-0.15, -0.1) is 0 Å². The van der Waals surface area contributed by atoms with Gasteiger partial charge in [-0.3, -0.25) is 4.98 Å². The number of carbonyl (C=O) groups excluding carboxylic acids is 1. The molecule has 0 spiro atoms. The van der Waals surface area contributed by atoms with Gasteiger partial charge in [0, 0.05) is 42.3 Å². The Morgan fingerprint density at radius 1 is 1.06 bits per heavy atom. The summed E-state index contributed by atoms with van der Waals surface area (Å²) in [6.45, 7) is 2.55. The van der Waals surface area contributed by atoms with Crippen molar-refractivity contribution in [3.05, 3.63) is 72.8 Å². The zero-order valence-corrected chi connectivity index (χ0v) is 19.6. The zero-order valence-electron chi connectivity index (χ0n) is 19.6. The van der Waals surface area contributed by atoms with Crippen LogP contribution in [0, 0.1) is 5.82 Å². The van der Waals surface area contributed by atoms with E-state index in [0.717, 1.165) is 5.56 Å². The van der Waals surface area contributed by atoms with Crippen LogP contribution in [0.25, 0.3) is 22.5 Å². The maximum absolute atomic E-state index is 15.7. The Labute approximate surface area is 207 Å². The predicted molar refractivity (Wildman–Crippen MR) is 136 cm³/mol. The summed E-state index contributed by atoms with van der Waals surface area (Å²) < 4.78 is 26.3. The van der Waals surface area contributed by atoms with Gasteiger partial charge in [-0.25, -0.2) is 14.2 Å². The van der Waals surface area contributed by atoms with Crippen LogP contribution in [-0.2, 0) is 4.74 Å². The number of H-pyrrole nitrogens is 1. The van der Waals surface area contributed by atoms with Crippen LogP contribution in [0.4, 0.5) is 26.5 Å². The van der Waals surface area contributed by atoms with E-state index in [2.05, 4.69) is 25.5 Å². The summed E-state index contributed by atoms with van der Waals surface area (Å²) in [5.74, 6) is 0.716. The SMILES string of the molecule is COc1ccc(NC(=O)Nc2cccc(-c3nc(N4CCOCC4)[nH]c3-c3ccncc3)c2F)cc1. The minimum atomic E-state index is -0.585. The van der Waals surface area contributed by atoms with Gasteiger partial charge in [0.05, 0.1) is 31.7 Å². The van der Waals surface area contributed by atoms with E-state index in [9.17, 15) is 4.79 Å². The van der Waals surface area contributed by atoms with Crippen molar-refractivity contribution in [1.29, 1.82) is 0 Å². The molecule has 0 saturated carbocycles. The lowest BCUT2D eigenvalue weighted by Gasteiger charge is -2.26. The van der Waals surface area contributed by atoms with E-state index >= 15 is 4.39 Å². The molecule has 0 bridgehead atoms. The topological polar surface area (TPSA) is 104 Å². The van der Waals surface area contributed by atoms with Crippen molar-refractivity contribution in [1.82, 2.24) is 15.0 Å². The molecule has 1 saturated heterocycles. The molecule has 1 aliphatic heterocycles. The molecule has 2 aromatic heterocycles. The second-order valence-electron chi connectivity index (χ2n) is 8.09. The van der Waals surface area contributed by atoms with E-state index in [1.807, 2.05) is 12.1 Å². The molecule has 4 aromatic rings. The number of nitrogens with one attached hydrogen (secondary N) is 3. The highest BCUT2D eigenvalue weighted by Crippen LogP contribution is 2.36. The Morgan fingerprint density at radius 3 is 2.53 bits per heavy atom. The van der Waals surface area contributed by atoms with Gasteiger partial charge in [-0.05, 0) is 48.5 Å². The fourth-order valence-corrected chi connectivity index (χ4v) is 3.98. The highest BCUT2D eigenvalue weighted by Gasteiger charge is 2.23. The smallest absolute Gasteiger partial charge is 0.323 e. The van der Waals surface area contributed by atoms with Gasteiger partial charge in [0.15, 0.2) is 5.82 Å². The maximum Gasteiger partial charge on any atom is 0.323 e. The van der Waals surface area contributed by atoms with E-state index in [1.165, 1.54) is 6.07 Å². The van der Waals surface area contributed by atoms with E-state index in [1.54, 1.807) is 55.9 Å². The standard InChI is InChI=1S/C26H25FN6O3/c1-35-19-7-5-18(6-8-19)29-26(34)30-21-4-2-3-20(22(21)27)24-23(17-9-11-28-12-10-17)31-25(32-24)33-13-15-36-16-14-33/h2-12H,13-16H2,1H3,(H,31,32)(H2,29,30,34). The van der Waals surface area contributed by atoms with Gasteiger partial charge < -0.3 is 30.0 Å². The number of aromatic amines is 1. The van der Waals surface area contributed by atoms with Gasteiger partial charge in [-0.2, -0.15) is 0 Å². The number of aromatic nitrogens is 3. The molecule has 9 nitrogen and oxygen atoms in total. The fraction of sp³-hybridized carbons (Fsp3) is 0.192. The third-order valence-electron chi connectivity index (χ3n) is 5.82. The number of halogens is 1. The van der Waals surface area contributed by atoms with Crippen molar-refractivity contribution >= 4 is 23.4 Å². The number of rotatable bonds is 6. The summed E-state index contributed by atoms with van der Waals surface area (Å²) in [5, 5.41) is 5.29. The van der Waals surface area contributed by atoms with Gasteiger partial charge >= 0.3 is 6.03 Å². The normalized spacial score (nSPS) is 13.3. The molecule has 1 aliphatic rings. The lowest BCUT2D eigenvalue weighted by atomic mass is 10.0. The Hall–Kier alpha value is -4.44. The molecular formula is C26H25FN6O3. The van der Waals surface area contributed by atoms with Crippen LogP contribution >= 0.6 is 0 Å². The van der Waals surface area contributed by atoms with Crippen LogP contribution in [0.2, 0.25) is 0 Å². The Balaban J connectivity index is 1.45. The number of amides is 2. The number of imidazole rings is 1. The fourth-order valence-electron chi connectivity index (χ4n) is 3.98. The molecule has 2 aromatic carbocycles. The first-order valence-electron chi connectivity index (χ1n) is 11.5. The zero-order chi connectivity index (χ0) is 24.9. The van der Waals surface area contributed by atoms with Crippen LogP contribution in [0.5, 0.6) is 5.75 Å². The number of carbonyl (C=O) groups is 1. The maximum atomic E-state index is 15.7. The number of hydrogen-bond donors (Lipinski definition) is 3. The largest absolute Gasteiger partial charge is 0.497 e. The highest BCUT2D eigenvalue weighted by atomic mass is 19.1. The number of anilines is 3. The highest BCUT2D eigenvalue weighted by molar-refractivity contribution is 6.00. The van der Waals surface area contributed by atoms with Crippen molar-refractivity contribution < 1.29 is 18.7 Å². The summed E-state index contributed by atoms with van der Waals surface area (Å²) in [5.41, 5.74) is 2.78. The summed E-state index contributed by atoms with van der Waals surface area (Å²) in [4.78, 5) is 26.8. The second kappa shape index (κ2) is 10.4. The molecule has 0 aliphatic carbocycles. The molecule has 5 rings (SSSR count). The molecule has 3 heterocycles. The van der Waals surface area contributed by atoms with Gasteiger partial charge in [0.25, 0.3) is 0 Å². The number of benzene rings is 2. The first-order chi connectivity index (χ1) is 17.6. The van der Waals surface area contributed by atoms with Crippen LogP contribution in [0.1, 0.15) is 0 Å². The molecule has 36 heavy (non-hydrogen) atoms. The molecule has 1 fully saturated rings. The first kappa shape index (κ1) is 23.3. The van der Waals surface area contributed by atoms with Crippen LogP contribution in [0.15, 0.2) is 67.0 Å². The average Bonchev–Trinajstić information content (AvgIpc) is 3.37. The summed E-state index contributed by atoms with van der Waals surface area (Å²) in [6.07, 6.45) is 3.35. The van der Waals surface area contributed by atoms with E-state index in [-0.39, 0.29) is 11.3 Å². The number of ether oxygens (including phenoxy) is 2. The molecule has 0 radical (unpaired) electrons. The quantitative estimate of drug-likeness (QED) is 0.361. The second-order valence-corrected chi connectivity index (χ2v) is 8.09. The lowest BCUT2D eigenvalue weighted by molar-refractivity contribution is 0.122. The Morgan fingerprint density at radius 2 is 1.81 bits per heavy atom. The summed E-state index contributed by atoms with van der Waals surface area (Å²) in [6, 6.07) is 14.8. The lowest BCUT2D eigenvalue weighted by Crippen LogP contribution is -2.36. The van der Waals surface area contributed by atoms with Crippen molar-refractivity contribution in [2.24, 2.45) is 0 Å². The number of nitrogens with zero attached hydrogens (tertiary/aromatic N) is 3. The molecule has 0 unspecified atom stereocenters. The minimum absolute atomic E-state index is 0.0371. The van der Waals surface area contributed by atoms with E-state index in [4.69, 9.17) is 14.5 Å². The molecule has 184 valence electrons. The van der Waals surface area contributed by atoms with E-state index in [0.29, 0.717) is 55.1 Å². The van der Waals surface area contributed by atoms with Crippen molar-refractivity contribution in [2.45, 2.75) is 0 Å². The number of morpholine rings is 1. The average molecular weight is 489 g/mol. The molecule has 0 atom stereocenters. The van der Waals surface area contributed by atoms with E-state index < -0.39 is 11.8 Å². The first-order valence-corrected chi connectivity index (χ1v) is 11.5. The third kappa shape index (κ3) is 4.98. The minimum Gasteiger partial charge on any atom is -0.497 e. The van der Waals surface area contributed by atoms with Crippen LogP contribution in [0.3, 0.4) is 0 Å². The van der Waals surface area contributed by atoms with Gasteiger partial charge in [0.2, 0.25) is 5.95 Å². The Kier molecular flexibility index (Phi) is 6.76. The Bertz CT molecular complexity index is 1340. The monoisotopic (exact) mass is 488 g/mol. The molecule has 3 N–H and O–H groups in total. The summed E-state index contributed by atoms with van der Waals surface area (Å²) in [7, 11) is 1.56. The van der Waals surface area contributed by atoms with Gasteiger partial charge in [-0.1, -0.05) is 6.07 Å². The van der Waals surface area contributed by atoms with Gasteiger partial charge in [0.1, 0.15) is 11.4 Å². The number of pyridine rings is 1. The third-order valence-corrected chi connectivity index (χ3v) is 5.82.